The van der Waals surface area contributed by atoms with E-state index in [4.69, 9.17) is 4.52 Å². The van der Waals surface area contributed by atoms with Crippen molar-refractivity contribution >= 4 is 13.3 Å². The lowest BCUT2D eigenvalue weighted by Crippen LogP contribution is -2.03. The Morgan fingerprint density at radius 2 is 1.82 bits per heavy atom. The highest BCUT2D eigenvalue weighted by atomic mass is 31.2. The standard InChI is InChI=1S/C12H13N2O2P/c1-17(15,14-12-9-5-6-10-13-12)16-11-7-3-2-4-8-11/h2-10H,1H3,(H,13,14,15)/t17-/m0/s1. The molecular weight excluding hydrogens is 235 g/mol. The Labute approximate surface area is 100 Å². The minimum absolute atomic E-state index is 0.536. The number of rotatable bonds is 4. The summed E-state index contributed by atoms with van der Waals surface area (Å²) in [4.78, 5) is 4.04. The van der Waals surface area contributed by atoms with E-state index in [1.165, 1.54) is 6.66 Å². The SMILES string of the molecule is C[P@@](=O)(Nc1ccccn1)Oc1ccccc1. The fraction of sp³-hybridized carbons (Fsp3) is 0.0833. The molecule has 0 bridgehead atoms. The van der Waals surface area contributed by atoms with E-state index in [0.29, 0.717) is 11.6 Å². The van der Waals surface area contributed by atoms with E-state index < -0.39 is 7.52 Å². The van der Waals surface area contributed by atoms with Gasteiger partial charge in [0.05, 0.1) is 0 Å². The summed E-state index contributed by atoms with van der Waals surface area (Å²) in [7, 11) is -2.95. The first-order valence-electron chi connectivity index (χ1n) is 5.17. The van der Waals surface area contributed by atoms with Gasteiger partial charge in [0.1, 0.15) is 11.6 Å². The van der Waals surface area contributed by atoms with Crippen LogP contribution in [0.3, 0.4) is 0 Å². The third kappa shape index (κ3) is 3.61. The van der Waals surface area contributed by atoms with Crippen LogP contribution in [0.25, 0.3) is 0 Å². The van der Waals surface area contributed by atoms with Crippen molar-refractivity contribution in [2.24, 2.45) is 0 Å². The maximum absolute atomic E-state index is 12.2. The van der Waals surface area contributed by atoms with Gasteiger partial charge in [0, 0.05) is 12.9 Å². The largest absolute Gasteiger partial charge is 0.429 e. The summed E-state index contributed by atoms with van der Waals surface area (Å²) in [5.74, 6) is 1.11. The highest BCUT2D eigenvalue weighted by molar-refractivity contribution is 7.60. The summed E-state index contributed by atoms with van der Waals surface area (Å²) >= 11 is 0. The number of aromatic nitrogens is 1. The smallest absolute Gasteiger partial charge is 0.339 e. The van der Waals surface area contributed by atoms with Crippen molar-refractivity contribution in [1.82, 2.24) is 4.98 Å². The van der Waals surface area contributed by atoms with Crippen LogP contribution < -0.4 is 9.61 Å². The Balaban J connectivity index is 2.07. The Bertz CT molecular complexity index is 471. The summed E-state index contributed by atoms with van der Waals surface area (Å²) in [5.41, 5.74) is 0. The molecule has 17 heavy (non-hydrogen) atoms. The molecule has 0 aliphatic rings. The number of para-hydroxylation sites is 1. The van der Waals surface area contributed by atoms with E-state index in [9.17, 15) is 4.57 Å². The van der Waals surface area contributed by atoms with Crippen LogP contribution in [0.15, 0.2) is 54.7 Å². The Kier molecular flexibility index (Phi) is 3.45. The first-order valence-corrected chi connectivity index (χ1v) is 7.24. The van der Waals surface area contributed by atoms with Crippen LogP contribution in [-0.4, -0.2) is 11.6 Å². The molecule has 1 aromatic heterocycles. The third-order valence-corrected chi connectivity index (χ3v) is 3.20. The number of anilines is 1. The quantitative estimate of drug-likeness (QED) is 0.842. The molecule has 0 spiro atoms. The number of nitrogens with one attached hydrogen (secondary N) is 1. The average Bonchev–Trinajstić information content (AvgIpc) is 2.30. The van der Waals surface area contributed by atoms with Gasteiger partial charge in [0.15, 0.2) is 0 Å². The fourth-order valence-electron chi connectivity index (χ4n) is 1.34. The van der Waals surface area contributed by atoms with Gasteiger partial charge in [-0.15, -0.1) is 0 Å². The Hall–Kier alpha value is -1.80. The maximum atomic E-state index is 12.2. The number of hydrogen-bond donors (Lipinski definition) is 1. The molecule has 1 aromatic carbocycles. The first-order chi connectivity index (χ1) is 8.16. The second kappa shape index (κ2) is 5.02. The van der Waals surface area contributed by atoms with Crippen molar-refractivity contribution in [2.45, 2.75) is 0 Å². The first kappa shape index (κ1) is 11.7. The topological polar surface area (TPSA) is 51.2 Å². The molecule has 88 valence electrons. The molecule has 1 atom stereocenters. The van der Waals surface area contributed by atoms with E-state index >= 15 is 0 Å². The molecule has 0 saturated carbocycles. The van der Waals surface area contributed by atoms with Crippen molar-refractivity contribution in [2.75, 3.05) is 11.8 Å². The van der Waals surface area contributed by atoms with Crippen molar-refractivity contribution in [3.63, 3.8) is 0 Å². The molecule has 0 radical (unpaired) electrons. The third-order valence-electron chi connectivity index (χ3n) is 2.01. The predicted octanol–water partition coefficient (Wildman–Crippen LogP) is 3.40. The van der Waals surface area contributed by atoms with E-state index in [-0.39, 0.29) is 0 Å². The van der Waals surface area contributed by atoms with Crippen LogP contribution >= 0.6 is 7.52 Å². The molecule has 2 rings (SSSR count). The summed E-state index contributed by atoms with van der Waals surface area (Å²) < 4.78 is 17.6. The van der Waals surface area contributed by atoms with Gasteiger partial charge >= 0.3 is 7.52 Å². The van der Waals surface area contributed by atoms with Gasteiger partial charge in [0.25, 0.3) is 0 Å². The monoisotopic (exact) mass is 248 g/mol. The number of benzene rings is 1. The number of pyridine rings is 1. The molecule has 5 heteroatoms. The minimum atomic E-state index is -2.95. The summed E-state index contributed by atoms with van der Waals surface area (Å²) in [6, 6.07) is 14.4. The van der Waals surface area contributed by atoms with Crippen molar-refractivity contribution in [3.05, 3.63) is 54.7 Å². The van der Waals surface area contributed by atoms with Crippen LogP contribution in [-0.2, 0) is 4.57 Å². The Morgan fingerprint density at radius 3 is 2.47 bits per heavy atom. The molecule has 0 aliphatic heterocycles. The van der Waals surface area contributed by atoms with Crippen LogP contribution in [0.4, 0.5) is 5.82 Å². The molecule has 0 fully saturated rings. The number of hydrogen-bond acceptors (Lipinski definition) is 3. The molecular formula is C12H13N2O2P. The normalized spacial score (nSPS) is 13.7. The number of nitrogens with zero attached hydrogens (tertiary/aromatic N) is 1. The second-order valence-electron chi connectivity index (χ2n) is 3.58. The lowest BCUT2D eigenvalue weighted by Gasteiger charge is -2.16. The molecule has 1 heterocycles. The van der Waals surface area contributed by atoms with Gasteiger partial charge in [-0.2, -0.15) is 0 Å². The fourth-order valence-corrected chi connectivity index (χ4v) is 2.46. The molecule has 0 aliphatic carbocycles. The van der Waals surface area contributed by atoms with Crippen molar-refractivity contribution < 1.29 is 9.09 Å². The second-order valence-corrected chi connectivity index (χ2v) is 5.67. The van der Waals surface area contributed by atoms with E-state index in [1.807, 2.05) is 24.3 Å². The zero-order valence-corrected chi connectivity index (χ0v) is 10.3. The lowest BCUT2D eigenvalue weighted by molar-refractivity contribution is 0.493. The van der Waals surface area contributed by atoms with Gasteiger partial charge in [-0.05, 0) is 24.3 Å². The van der Waals surface area contributed by atoms with Crippen LogP contribution in [0, 0.1) is 0 Å². The molecule has 1 N–H and O–H groups in total. The van der Waals surface area contributed by atoms with Crippen LogP contribution in [0.5, 0.6) is 5.75 Å². The average molecular weight is 248 g/mol. The highest BCUT2D eigenvalue weighted by Crippen LogP contribution is 2.42. The summed E-state index contributed by atoms with van der Waals surface area (Å²) in [6.07, 6.45) is 1.63. The maximum Gasteiger partial charge on any atom is 0.339 e. The molecule has 0 saturated heterocycles. The molecule has 0 unspecified atom stereocenters. The minimum Gasteiger partial charge on any atom is -0.429 e. The van der Waals surface area contributed by atoms with Gasteiger partial charge in [0.2, 0.25) is 0 Å². The van der Waals surface area contributed by atoms with E-state index in [2.05, 4.69) is 10.1 Å². The summed E-state index contributed by atoms with van der Waals surface area (Å²) in [6.45, 7) is 1.52. The predicted molar refractivity (Wildman–Crippen MR) is 68.5 cm³/mol. The van der Waals surface area contributed by atoms with Crippen molar-refractivity contribution in [3.8, 4) is 5.75 Å². The van der Waals surface area contributed by atoms with Gasteiger partial charge in [-0.3, -0.25) is 9.65 Å². The zero-order valence-electron chi connectivity index (χ0n) is 9.41. The van der Waals surface area contributed by atoms with Crippen LogP contribution in [0.1, 0.15) is 0 Å². The van der Waals surface area contributed by atoms with Gasteiger partial charge in [-0.25, -0.2) is 4.98 Å². The van der Waals surface area contributed by atoms with Crippen molar-refractivity contribution in [1.29, 1.82) is 0 Å². The Morgan fingerprint density at radius 1 is 1.12 bits per heavy atom. The summed E-state index contributed by atoms with van der Waals surface area (Å²) in [5, 5.41) is 2.79. The molecule has 2 aromatic rings. The highest BCUT2D eigenvalue weighted by Gasteiger charge is 2.17. The van der Waals surface area contributed by atoms with Gasteiger partial charge < -0.3 is 4.52 Å². The van der Waals surface area contributed by atoms with E-state index in [0.717, 1.165) is 0 Å². The molecule has 0 amide bonds. The zero-order chi connectivity index (χ0) is 12.1. The molecule has 4 nitrogen and oxygen atoms in total. The van der Waals surface area contributed by atoms with Gasteiger partial charge in [-0.1, -0.05) is 24.3 Å². The van der Waals surface area contributed by atoms with E-state index in [1.54, 1.807) is 30.5 Å². The van der Waals surface area contributed by atoms with Crippen LogP contribution in [0.2, 0.25) is 0 Å². The lowest BCUT2D eigenvalue weighted by atomic mass is 10.3.